The average Bonchev–Trinajstić information content (AvgIpc) is 3.32. The van der Waals surface area contributed by atoms with E-state index in [4.69, 9.17) is 0 Å². The van der Waals surface area contributed by atoms with Crippen LogP contribution in [0.4, 0.5) is 0 Å². The number of carbonyl (C=O) groups is 1. The number of rotatable bonds is 7. The lowest BCUT2D eigenvalue weighted by Gasteiger charge is -2.24. The summed E-state index contributed by atoms with van der Waals surface area (Å²) in [6.07, 6.45) is 8.80. The molecule has 1 N–H and O–H groups in total. The Bertz CT molecular complexity index is 1010. The maximum absolute atomic E-state index is 12.9. The van der Waals surface area contributed by atoms with Crippen LogP contribution in [0.25, 0.3) is 0 Å². The third-order valence-corrected chi connectivity index (χ3v) is 6.81. The molecule has 1 heterocycles. The lowest BCUT2D eigenvalue weighted by atomic mass is 9.91. The van der Waals surface area contributed by atoms with E-state index in [0.717, 1.165) is 36.9 Å². The molecule has 32 heavy (non-hydrogen) atoms. The van der Waals surface area contributed by atoms with Crippen molar-refractivity contribution in [3.63, 3.8) is 0 Å². The maximum atomic E-state index is 12.9. The highest BCUT2D eigenvalue weighted by Crippen LogP contribution is 2.40. The van der Waals surface area contributed by atoms with Gasteiger partial charge in [0.15, 0.2) is 0 Å². The van der Waals surface area contributed by atoms with Crippen LogP contribution in [0.1, 0.15) is 65.5 Å². The molecule has 0 radical (unpaired) electrons. The Kier molecular flexibility index (Phi) is 6.96. The van der Waals surface area contributed by atoms with Crippen LogP contribution in [0.5, 0.6) is 0 Å². The number of aliphatic hydroxyl groups is 1. The van der Waals surface area contributed by atoms with Crippen molar-refractivity contribution in [2.75, 3.05) is 7.05 Å². The molecule has 1 aliphatic carbocycles. The fourth-order valence-electron chi connectivity index (χ4n) is 4.73. The molecule has 1 aliphatic rings. The standard InChI is InChI=1S/C27H31N3O2/c1-19(25-18-28-14-15-29-25)30(2)27(32)23-11-8-20(9-12-23)16-21-10-13-24(17-21)26(31)22-6-4-3-5-7-22/h3-9,11-12,14-15,18-19,21,24,26,31H,10,13,16-17H2,1-2H3/t19?,21-,24-,26+/m0/s1. The molecule has 1 unspecified atom stereocenters. The highest BCUT2D eigenvalue weighted by molar-refractivity contribution is 5.94. The number of carbonyl (C=O) groups excluding carboxylic acids is 1. The van der Waals surface area contributed by atoms with Gasteiger partial charge in [0.1, 0.15) is 0 Å². The first-order valence-electron chi connectivity index (χ1n) is 11.4. The van der Waals surface area contributed by atoms with Gasteiger partial charge < -0.3 is 10.0 Å². The zero-order chi connectivity index (χ0) is 22.5. The molecule has 0 saturated heterocycles. The van der Waals surface area contributed by atoms with Crippen LogP contribution in [-0.4, -0.2) is 32.9 Å². The number of hydrogen-bond donors (Lipinski definition) is 1. The third-order valence-electron chi connectivity index (χ3n) is 6.81. The predicted octanol–water partition coefficient (Wildman–Crippen LogP) is 5.00. The SMILES string of the molecule is CC(c1cnccn1)N(C)C(=O)c1ccc(C[C@@H]2CC[C@H]([C@H](O)c3ccccc3)C2)cc1. The van der Waals surface area contributed by atoms with E-state index in [1.165, 1.54) is 5.56 Å². The molecule has 1 amide bonds. The minimum absolute atomic E-state index is 0.0263. The fourth-order valence-corrected chi connectivity index (χ4v) is 4.73. The molecule has 1 aromatic heterocycles. The molecule has 5 heteroatoms. The van der Waals surface area contributed by atoms with Gasteiger partial charge in [-0.05, 0) is 67.7 Å². The Morgan fingerprint density at radius 3 is 2.53 bits per heavy atom. The molecule has 4 atom stereocenters. The van der Waals surface area contributed by atoms with E-state index in [-0.39, 0.29) is 18.1 Å². The Balaban J connectivity index is 1.33. The predicted molar refractivity (Wildman–Crippen MR) is 125 cm³/mol. The van der Waals surface area contributed by atoms with Crippen molar-refractivity contribution in [3.05, 3.63) is 95.6 Å². The van der Waals surface area contributed by atoms with Crippen LogP contribution < -0.4 is 0 Å². The molecule has 0 aliphatic heterocycles. The van der Waals surface area contributed by atoms with Crippen LogP contribution in [0.15, 0.2) is 73.2 Å². The van der Waals surface area contributed by atoms with Gasteiger partial charge in [-0.15, -0.1) is 0 Å². The average molecular weight is 430 g/mol. The van der Waals surface area contributed by atoms with Crippen LogP contribution in [0.2, 0.25) is 0 Å². The van der Waals surface area contributed by atoms with Gasteiger partial charge in [-0.3, -0.25) is 14.8 Å². The van der Waals surface area contributed by atoms with Crippen LogP contribution in [0, 0.1) is 11.8 Å². The second-order valence-electron chi connectivity index (χ2n) is 8.92. The number of aliphatic hydroxyl groups excluding tert-OH is 1. The summed E-state index contributed by atoms with van der Waals surface area (Å²) >= 11 is 0. The lowest BCUT2D eigenvalue weighted by molar-refractivity contribution is 0.0739. The van der Waals surface area contributed by atoms with E-state index < -0.39 is 0 Å². The highest BCUT2D eigenvalue weighted by Gasteiger charge is 2.30. The van der Waals surface area contributed by atoms with E-state index in [2.05, 4.69) is 22.1 Å². The molecule has 1 fully saturated rings. The van der Waals surface area contributed by atoms with Crippen LogP contribution in [-0.2, 0) is 6.42 Å². The Morgan fingerprint density at radius 1 is 1.09 bits per heavy atom. The zero-order valence-electron chi connectivity index (χ0n) is 18.8. The Labute approximate surface area is 190 Å². The van der Waals surface area contributed by atoms with Crippen LogP contribution in [0.3, 0.4) is 0 Å². The maximum Gasteiger partial charge on any atom is 0.254 e. The van der Waals surface area contributed by atoms with Gasteiger partial charge in [0.25, 0.3) is 5.91 Å². The van der Waals surface area contributed by atoms with Gasteiger partial charge in [-0.2, -0.15) is 0 Å². The third kappa shape index (κ3) is 5.05. The van der Waals surface area contributed by atoms with E-state index >= 15 is 0 Å². The second kappa shape index (κ2) is 10.0. The molecule has 5 nitrogen and oxygen atoms in total. The van der Waals surface area contributed by atoms with E-state index in [1.54, 1.807) is 30.5 Å². The summed E-state index contributed by atoms with van der Waals surface area (Å²) in [6.45, 7) is 1.96. The van der Waals surface area contributed by atoms with Gasteiger partial charge in [0.2, 0.25) is 0 Å². The van der Waals surface area contributed by atoms with Gasteiger partial charge in [0.05, 0.1) is 24.0 Å². The minimum atomic E-state index is -0.381. The van der Waals surface area contributed by atoms with E-state index in [1.807, 2.05) is 49.4 Å². The largest absolute Gasteiger partial charge is 0.388 e. The normalized spacial score (nSPS) is 20.0. The lowest BCUT2D eigenvalue weighted by Crippen LogP contribution is -2.30. The molecule has 2 aromatic carbocycles. The molecule has 1 saturated carbocycles. The van der Waals surface area contributed by atoms with Gasteiger partial charge in [-0.25, -0.2) is 0 Å². The Morgan fingerprint density at radius 2 is 1.84 bits per heavy atom. The molecular formula is C27H31N3O2. The minimum Gasteiger partial charge on any atom is -0.388 e. The van der Waals surface area contributed by atoms with Crippen molar-refractivity contribution in [1.82, 2.24) is 14.9 Å². The molecular weight excluding hydrogens is 398 g/mol. The van der Waals surface area contributed by atoms with Crippen molar-refractivity contribution in [1.29, 1.82) is 0 Å². The highest BCUT2D eigenvalue weighted by atomic mass is 16.3. The van der Waals surface area contributed by atoms with Crippen molar-refractivity contribution < 1.29 is 9.90 Å². The molecule has 4 rings (SSSR count). The number of nitrogens with zero attached hydrogens (tertiary/aromatic N) is 3. The fraction of sp³-hybridized carbons (Fsp3) is 0.370. The van der Waals surface area contributed by atoms with Crippen molar-refractivity contribution in [2.24, 2.45) is 11.8 Å². The summed E-state index contributed by atoms with van der Waals surface area (Å²) in [6, 6.07) is 17.8. The first kappa shape index (κ1) is 22.2. The quantitative estimate of drug-likeness (QED) is 0.574. The van der Waals surface area contributed by atoms with Gasteiger partial charge in [-0.1, -0.05) is 42.5 Å². The van der Waals surface area contributed by atoms with E-state index in [0.29, 0.717) is 17.4 Å². The summed E-state index contributed by atoms with van der Waals surface area (Å²) in [5.41, 5.74) is 3.70. The molecule has 0 spiro atoms. The number of benzene rings is 2. The van der Waals surface area contributed by atoms with Crippen LogP contribution >= 0.6 is 0 Å². The second-order valence-corrected chi connectivity index (χ2v) is 8.92. The smallest absolute Gasteiger partial charge is 0.254 e. The monoisotopic (exact) mass is 429 g/mol. The van der Waals surface area contributed by atoms with Crippen molar-refractivity contribution >= 4 is 5.91 Å². The summed E-state index contributed by atoms with van der Waals surface area (Å²) in [4.78, 5) is 23.0. The topological polar surface area (TPSA) is 66.3 Å². The first-order valence-corrected chi connectivity index (χ1v) is 11.4. The molecule has 166 valence electrons. The van der Waals surface area contributed by atoms with Crippen molar-refractivity contribution in [2.45, 2.75) is 44.8 Å². The Hall–Kier alpha value is -3.05. The summed E-state index contributed by atoms with van der Waals surface area (Å²) in [5, 5.41) is 10.7. The summed E-state index contributed by atoms with van der Waals surface area (Å²) in [5.74, 6) is 0.861. The van der Waals surface area contributed by atoms with E-state index in [9.17, 15) is 9.90 Å². The summed E-state index contributed by atoms with van der Waals surface area (Å²) in [7, 11) is 1.80. The number of hydrogen-bond acceptors (Lipinski definition) is 4. The van der Waals surface area contributed by atoms with Gasteiger partial charge in [0, 0.05) is 25.0 Å². The summed E-state index contributed by atoms with van der Waals surface area (Å²) < 4.78 is 0. The van der Waals surface area contributed by atoms with Gasteiger partial charge >= 0.3 is 0 Å². The van der Waals surface area contributed by atoms with Crippen molar-refractivity contribution in [3.8, 4) is 0 Å². The number of aromatic nitrogens is 2. The zero-order valence-corrected chi connectivity index (χ0v) is 18.8. The molecule has 3 aromatic rings. The first-order chi connectivity index (χ1) is 15.5. The molecule has 0 bridgehead atoms. The number of amides is 1.